The molecule has 0 N–H and O–H groups in total. The number of methoxy groups -OCH3 is 1. The van der Waals surface area contributed by atoms with E-state index in [9.17, 15) is 22.8 Å². The molecule has 2 aromatic rings. The second kappa shape index (κ2) is 8.36. The molecule has 1 amide bonds. The molecule has 0 saturated heterocycles. The van der Waals surface area contributed by atoms with Crippen LogP contribution in [0, 0.1) is 5.92 Å². The molecule has 166 valence electrons. The number of aromatic nitrogens is 2. The van der Waals surface area contributed by atoms with Gasteiger partial charge in [-0.3, -0.25) is 19.1 Å². The number of halogens is 3. The molecule has 1 aliphatic carbocycles. The molecule has 2 aliphatic rings. The van der Waals surface area contributed by atoms with Gasteiger partial charge in [0, 0.05) is 6.07 Å². The van der Waals surface area contributed by atoms with Crippen LogP contribution < -0.4 is 15.2 Å². The van der Waals surface area contributed by atoms with Crippen molar-refractivity contribution in [1.29, 1.82) is 0 Å². The zero-order valence-corrected chi connectivity index (χ0v) is 17.2. The highest BCUT2D eigenvalue weighted by atomic mass is 19.4. The topological polar surface area (TPSA) is 64.4 Å². The number of hydrogen-bond acceptors (Lipinski definition) is 4. The SMILES string of the molecule is COc1ccc(CN2C(=O)C(CC3CCCCC3)n3c2nc(C(F)(F)F)cc3=O)cc1. The molecule has 6 nitrogen and oxygen atoms in total. The lowest BCUT2D eigenvalue weighted by molar-refractivity contribution is -0.141. The highest BCUT2D eigenvalue weighted by molar-refractivity contribution is 5.98. The first-order valence-corrected chi connectivity index (χ1v) is 10.4. The third-order valence-corrected chi connectivity index (χ3v) is 6.11. The van der Waals surface area contributed by atoms with E-state index in [0.717, 1.165) is 36.7 Å². The third kappa shape index (κ3) is 4.31. The summed E-state index contributed by atoms with van der Waals surface area (Å²) < 4.78 is 46.2. The first-order chi connectivity index (χ1) is 14.8. The molecule has 1 aliphatic heterocycles. The monoisotopic (exact) mass is 435 g/mol. The molecule has 2 heterocycles. The molecule has 9 heteroatoms. The molecule has 1 aromatic carbocycles. The number of amides is 1. The van der Waals surface area contributed by atoms with Crippen LogP contribution in [0.5, 0.6) is 5.75 Å². The lowest BCUT2D eigenvalue weighted by Crippen LogP contribution is -2.30. The Balaban J connectivity index is 1.72. The molecule has 0 radical (unpaired) electrons. The van der Waals surface area contributed by atoms with Crippen LogP contribution in [0.15, 0.2) is 35.1 Å². The number of alkyl halides is 3. The zero-order valence-electron chi connectivity index (χ0n) is 17.2. The summed E-state index contributed by atoms with van der Waals surface area (Å²) in [6.45, 7) is 0.0255. The minimum absolute atomic E-state index is 0.0255. The number of hydrogen-bond donors (Lipinski definition) is 0. The van der Waals surface area contributed by atoms with E-state index in [0.29, 0.717) is 23.8 Å². The highest BCUT2D eigenvalue weighted by Crippen LogP contribution is 2.38. The molecule has 1 fully saturated rings. The van der Waals surface area contributed by atoms with Gasteiger partial charge in [0.25, 0.3) is 11.5 Å². The van der Waals surface area contributed by atoms with Crippen molar-refractivity contribution in [3.8, 4) is 5.75 Å². The molecule has 0 spiro atoms. The van der Waals surface area contributed by atoms with Gasteiger partial charge in [0.05, 0.1) is 13.7 Å². The van der Waals surface area contributed by atoms with Crippen LogP contribution in [-0.2, 0) is 17.5 Å². The van der Waals surface area contributed by atoms with Gasteiger partial charge >= 0.3 is 6.18 Å². The van der Waals surface area contributed by atoms with Crippen molar-refractivity contribution in [3.63, 3.8) is 0 Å². The largest absolute Gasteiger partial charge is 0.497 e. The predicted octanol–water partition coefficient (Wildman–Crippen LogP) is 4.33. The van der Waals surface area contributed by atoms with Crippen LogP contribution in [0.2, 0.25) is 0 Å². The van der Waals surface area contributed by atoms with Crippen molar-refractivity contribution >= 4 is 11.9 Å². The zero-order chi connectivity index (χ0) is 22.2. The second-order valence-corrected chi connectivity index (χ2v) is 8.18. The van der Waals surface area contributed by atoms with Gasteiger partial charge in [0.15, 0.2) is 5.69 Å². The standard InChI is InChI=1S/C22H24F3N3O3/c1-31-16-9-7-15(8-10-16)13-27-20(30)17(11-14-5-3-2-4-6-14)28-19(29)12-18(22(23,24)25)26-21(27)28/h7-10,12,14,17H,2-6,11,13H2,1H3. The Morgan fingerprint density at radius 3 is 2.39 bits per heavy atom. The first kappa shape index (κ1) is 21.4. The summed E-state index contributed by atoms with van der Waals surface area (Å²) in [5.74, 6) is 0.276. The van der Waals surface area contributed by atoms with Gasteiger partial charge in [-0.05, 0) is 30.0 Å². The molecular formula is C22H24F3N3O3. The van der Waals surface area contributed by atoms with E-state index in [1.165, 1.54) is 12.0 Å². The molecule has 1 aromatic heterocycles. The quantitative estimate of drug-likeness (QED) is 0.701. The lowest BCUT2D eigenvalue weighted by Gasteiger charge is -2.24. The molecule has 1 saturated carbocycles. The number of benzene rings is 1. The summed E-state index contributed by atoms with van der Waals surface area (Å²) in [4.78, 5) is 30.9. The van der Waals surface area contributed by atoms with Crippen LogP contribution in [0.3, 0.4) is 0 Å². The van der Waals surface area contributed by atoms with E-state index in [1.807, 2.05) is 0 Å². The predicted molar refractivity (Wildman–Crippen MR) is 108 cm³/mol. The average Bonchev–Trinajstić information content (AvgIpc) is 3.00. The maximum atomic E-state index is 13.3. The van der Waals surface area contributed by atoms with Crippen LogP contribution in [0.1, 0.15) is 55.8 Å². The molecule has 31 heavy (non-hydrogen) atoms. The summed E-state index contributed by atoms with van der Waals surface area (Å²) in [6.07, 6.45) is 0.859. The van der Waals surface area contributed by atoms with Crippen molar-refractivity contribution in [2.24, 2.45) is 5.92 Å². The minimum atomic E-state index is -4.77. The summed E-state index contributed by atoms with van der Waals surface area (Å²) in [6, 6.07) is 6.55. The summed E-state index contributed by atoms with van der Waals surface area (Å²) in [5, 5.41) is 0. The molecular weight excluding hydrogens is 411 g/mol. The number of rotatable bonds is 5. The Hall–Kier alpha value is -2.84. The minimum Gasteiger partial charge on any atom is -0.497 e. The van der Waals surface area contributed by atoms with Crippen molar-refractivity contribution in [2.75, 3.05) is 12.0 Å². The van der Waals surface area contributed by atoms with Gasteiger partial charge in [0.2, 0.25) is 5.95 Å². The fraction of sp³-hybridized carbons (Fsp3) is 0.500. The van der Waals surface area contributed by atoms with E-state index >= 15 is 0 Å². The van der Waals surface area contributed by atoms with E-state index in [2.05, 4.69) is 4.98 Å². The maximum Gasteiger partial charge on any atom is 0.433 e. The summed E-state index contributed by atoms with van der Waals surface area (Å²) in [7, 11) is 1.53. The van der Waals surface area contributed by atoms with Gasteiger partial charge in [0.1, 0.15) is 11.8 Å². The Morgan fingerprint density at radius 2 is 1.77 bits per heavy atom. The Labute approximate surface area is 177 Å². The number of carbonyl (C=O) groups excluding carboxylic acids is 1. The van der Waals surface area contributed by atoms with Crippen molar-refractivity contribution in [3.05, 3.63) is 51.9 Å². The first-order valence-electron chi connectivity index (χ1n) is 10.4. The van der Waals surface area contributed by atoms with Crippen molar-refractivity contribution in [1.82, 2.24) is 9.55 Å². The normalized spacial score (nSPS) is 19.5. The highest BCUT2D eigenvalue weighted by Gasteiger charge is 2.43. The smallest absolute Gasteiger partial charge is 0.433 e. The van der Waals surface area contributed by atoms with Gasteiger partial charge in [-0.2, -0.15) is 13.2 Å². The van der Waals surface area contributed by atoms with Crippen LogP contribution >= 0.6 is 0 Å². The van der Waals surface area contributed by atoms with Crippen molar-refractivity contribution in [2.45, 2.75) is 57.3 Å². The lowest BCUT2D eigenvalue weighted by atomic mass is 9.84. The number of ether oxygens (including phenoxy) is 1. The number of fused-ring (bicyclic) bond motifs is 1. The summed E-state index contributed by atoms with van der Waals surface area (Å²) in [5.41, 5.74) is -1.43. The Bertz CT molecular complexity index is 1010. The maximum absolute atomic E-state index is 13.3. The van der Waals surface area contributed by atoms with Gasteiger partial charge in [-0.1, -0.05) is 44.2 Å². The van der Waals surface area contributed by atoms with E-state index in [-0.39, 0.29) is 24.3 Å². The average molecular weight is 435 g/mol. The molecule has 4 rings (SSSR count). The van der Waals surface area contributed by atoms with Gasteiger partial charge in [-0.25, -0.2) is 4.98 Å². The van der Waals surface area contributed by atoms with E-state index in [1.54, 1.807) is 24.3 Å². The number of nitrogens with zero attached hydrogens (tertiary/aromatic N) is 3. The number of carbonyl (C=O) groups is 1. The van der Waals surface area contributed by atoms with E-state index in [4.69, 9.17) is 4.74 Å². The molecule has 0 bridgehead atoms. The van der Waals surface area contributed by atoms with Gasteiger partial charge < -0.3 is 4.74 Å². The summed E-state index contributed by atoms with van der Waals surface area (Å²) >= 11 is 0. The van der Waals surface area contributed by atoms with Crippen LogP contribution in [-0.4, -0.2) is 22.6 Å². The third-order valence-electron chi connectivity index (χ3n) is 6.11. The van der Waals surface area contributed by atoms with Crippen LogP contribution in [0.4, 0.5) is 19.1 Å². The Kier molecular flexibility index (Phi) is 5.77. The second-order valence-electron chi connectivity index (χ2n) is 8.18. The molecule has 1 unspecified atom stereocenters. The molecule has 1 atom stereocenters. The fourth-order valence-electron chi connectivity index (χ4n) is 4.50. The van der Waals surface area contributed by atoms with Gasteiger partial charge in [-0.15, -0.1) is 0 Å². The van der Waals surface area contributed by atoms with E-state index < -0.39 is 23.5 Å². The Morgan fingerprint density at radius 1 is 1.10 bits per heavy atom. The van der Waals surface area contributed by atoms with Crippen molar-refractivity contribution < 1.29 is 22.7 Å². The fourth-order valence-corrected chi connectivity index (χ4v) is 4.50. The number of anilines is 1. The van der Waals surface area contributed by atoms with Crippen LogP contribution in [0.25, 0.3) is 0 Å².